The molecule has 0 aliphatic heterocycles. The zero-order valence-electron chi connectivity index (χ0n) is 15.3. The van der Waals surface area contributed by atoms with E-state index in [1.165, 1.54) is 18.2 Å². The summed E-state index contributed by atoms with van der Waals surface area (Å²) < 4.78 is 24.4. The average molecular weight is 369 g/mol. The fourth-order valence-corrected chi connectivity index (χ4v) is 2.60. The van der Waals surface area contributed by atoms with E-state index in [-0.39, 0.29) is 17.4 Å². The number of benzene rings is 2. The molecule has 0 fully saturated rings. The minimum Gasteiger partial charge on any atom is -0.497 e. The molecule has 6 nitrogen and oxygen atoms in total. The summed E-state index contributed by atoms with van der Waals surface area (Å²) in [5.41, 5.74) is 0.728. The number of aromatic nitrogens is 2. The van der Waals surface area contributed by atoms with Crippen molar-refractivity contribution in [3.63, 3.8) is 0 Å². The number of ether oxygens (including phenoxy) is 1. The molecule has 0 saturated carbocycles. The zero-order valence-corrected chi connectivity index (χ0v) is 15.3. The lowest BCUT2D eigenvalue weighted by Gasteiger charge is -2.18. The van der Waals surface area contributed by atoms with Crippen LogP contribution in [0, 0.1) is 11.7 Å². The van der Waals surface area contributed by atoms with Gasteiger partial charge in [0.25, 0.3) is 5.91 Å². The van der Waals surface area contributed by atoms with Crippen molar-refractivity contribution in [3.8, 4) is 17.1 Å². The van der Waals surface area contributed by atoms with Crippen molar-refractivity contribution in [2.24, 2.45) is 5.92 Å². The molecule has 1 amide bonds. The second kappa shape index (κ2) is 7.99. The molecule has 1 atom stereocenters. The molecule has 1 heterocycles. The van der Waals surface area contributed by atoms with E-state index in [2.05, 4.69) is 15.5 Å². The van der Waals surface area contributed by atoms with Crippen LogP contribution in [-0.2, 0) is 0 Å². The van der Waals surface area contributed by atoms with Gasteiger partial charge in [-0.1, -0.05) is 31.1 Å². The van der Waals surface area contributed by atoms with Crippen LogP contribution in [0.4, 0.5) is 4.39 Å². The molecule has 0 bridgehead atoms. The van der Waals surface area contributed by atoms with Crippen LogP contribution < -0.4 is 10.1 Å². The molecule has 140 valence electrons. The predicted octanol–water partition coefficient (Wildman–Crippen LogP) is 4.01. The number of hydrogen-bond donors (Lipinski definition) is 1. The lowest BCUT2D eigenvalue weighted by Crippen LogP contribution is -2.32. The molecular formula is C20H20FN3O3. The van der Waals surface area contributed by atoms with E-state index in [9.17, 15) is 9.18 Å². The van der Waals surface area contributed by atoms with Crippen molar-refractivity contribution in [3.05, 3.63) is 65.8 Å². The van der Waals surface area contributed by atoms with Crippen molar-refractivity contribution < 1.29 is 18.4 Å². The summed E-state index contributed by atoms with van der Waals surface area (Å²) in [6, 6.07) is 12.5. The number of nitrogens with zero attached hydrogens (tertiary/aromatic N) is 2. The lowest BCUT2D eigenvalue weighted by molar-refractivity contribution is 0.0910. The van der Waals surface area contributed by atoms with Crippen LogP contribution in [-0.4, -0.2) is 23.2 Å². The molecule has 0 aliphatic carbocycles. The molecule has 0 spiro atoms. The maximum Gasteiger partial charge on any atom is 0.254 e. The van der Waals surface area contributed by atoms with E-state index in [0.717, 1.165) is 11.3 Å². The number of carbonyl (C=O) groups excluding carboxylic acids is 1. The quantitative estimate of drug-likeness (QED) is 0.710. The van der Waals surface area contributed by atoms with Gasteiger partial charge in [-0.25, -0.2) is 4.39 Å². The third-order valence-corrected chi connectivity index (χ3v) is 4.13. The van der Waals surface area contributed by atoms with Gasteiger partial charge in [0, 0.05) is 5.56 Å². The largest absolute Gasteiger partial charge is 0.497 e. The highest BCUT2D eigenvalue weighted by atomic mass is 19.1. The van der Waals surface area contributed by atoms with Crippen LogP contribution >= 0.6 is 0 Å². The van der Waals surface area contributed by atoms with Crippen LogP contribution in [0.25, 0.3) is 11.4 Å². The van der Waals surface area contributed by atoms with Crippen LogP contribution in [0.15, 0.2) is 53.1 Å². The van der Waals surface area contributed by atoms with Crippen LogP contribution in [0.5, 0.6) is 5.75 Å². The second-order valence-electron chi connectivity index (χ2n) is 6.36. The molecule has 0 saturated heterocycles. The van der Waals surface area contributed by atoms with Gasteiger partial charge in [-0.2, -0.15) is 4.98 Å². The Labute approximate surface area is 156 Å². The summed E-state index contributed by atoms with van der Waals surface area (Å²) in [5, 5.41) is 6.77. The van der Waals surface area contributed by atoms with Crippen LogP contribution in [0.1, 0.15) is 36.1 Å². The summed E-state index contributed by atoms with van der Waals surface area (Å²) in [6.45, 7) is 3.81. The summed E-state index contributed by atoms with van der Waals surface area (Å²) >= 11 is 0. The summed E-state index contributed by atoms with van der Waals surface area (Å²) in [7, 11) is 1.59. The molecular weight excluding hydrogens is 349 g/mol. The van der Waals surface area contributed by atoms with Gasteiger partial charge in [0.1, 0.15) is 17.6 Å². The summed E-state index contributed by atoms with van der Waals surface area (Å²) in [6.07, 6.45) is 0. The SMILES string of the molecule is COc1ccc(-c2noc([C@H](NC(=O)c3ccccc3F)C(C)C)n2)cc1. The minimum atomic E-state index is -0.582. The van der Waals surface area contributed by atoms with Gasteiger partial charge >= 0.3 is 0 Å². The van der Waals surface area contributed by atoms with Gasteiger partial charge in [-0.05, 0) is 42.3 Å². The molecule has 1 N–H and O–H groups in total. The first-order chi connectivity index (χ1) is 13.0. The van der Waals surface area contributed by atoms with Gasteiger partial charge in [-0.3, -0.25) is 4.79 Å². The lowest BCUT2D eigenvalue weighted by atomic mass is 10.0. The third kappa shape index (κ3) is 4.13. The Morgan fingerprint density at radius 1 is 1.15 bits per heavy atom. The smallest absolute Gasteiger partial charge is 0.254 e. The highest BCUT2D eigenvalue weighted by molar-refractivity contribution is 5.94. The number of rotatable bonds is 6. The molecule has 0 unspecified atom stereocenters. The van der Waals surface area contributed by atoms with Crippen molar-refractivity contribution in [2.75, 3.05) is 7.11 Å². The van der Waals surface area contributed by atoms with Gasteiger partial charge in [0.15, 0.2) is 0 Å². The molecule has 27 heavy (non-hydrogen) atoms. The Bertz CT molecular complexity index is 922. The molecule has 0 radical (unpaired) electrons. The first-order valence-electron chi connectivity index (χ1n) is 8.53. The Balaban J connectivity index is 1.82. The molecule has 3 aromatic rings. The molecule has 2 aromatic carbocycles. The van der Waals surface area contributed by atoms with Crippen molar-refractivity contribution in [1.82, 2.24) is 15.5 Å². The molecule has 3 rings (SSSR count). The number of hydrogen-bond acceptors (Lipinski definition) is 5. The first-order valence-corrected chi connectivity index (χ1v) is 8.53. The van der Waals surface area contributed by atoms with Crippen LogP contribution in [0.3, 0.4) is 0 Å². The maximum absolute atomic E-state index is 13.9. The van der Waals surface area contributed by atoms with Crippen molar-refractivity contribution in [1.29, 1.82) is 0 Å². The van der Waals surface area contributed by atoms with E-state index in [4.69, 9.17) is 9.26 Å². The Kier molecular flexibility index (Phi) is 5.49. The highest BCUT2D eigenvalue weighted by Gasteiger charge is 2.26. The summed E-state index contributed by atoms with van der Waals surface area (Å²) in [5.74, 6) is 0.237. The van der Waals surface area contributed by atoms with E-state index in [0.29, 0.717) is 5.82 Å². The van der Waals surface area contributed by atoms with Gasteiger partial charge < -0.3 is 14.6 Å². The second-order valence-corrected chi connectivity index (χ2v) is 6.36. The minimum absolute atomic E-state index is 0.0296. The maximum atomic E-state index is 13.9. The van der Waals surface area contributed by atoms with Crippen molar-refractivity contribution in [2.45, 2.75) is 19.9 Å². The average Bonchev–Trinajstić information content (AvgIpc) is 3.16. The normalized spacial score (nSPS) is 12.0. The molecule has 0 aliphatic rings. The van der Waals surface area contributed by atoms with E-state index in [1.807, 2.05) is 26.0 Å². The fourth-order valence-electron chi connectivity index (χ4n) is 2.60. The van der Waals surface area contributed by atoms with Gasteiger partial charge in [0.2, 0.25) is 11.7 Å². The zero-order chi connectivity index (χ0) is 19.4. The monoisotopic (exact) mass is 369 g/mol. The van der Waals surface area contributed by atoms with E-state index in [1.54, 1.807) is 25.3 Å². The van der Waals surface area contributed by atoms with E-state index < -0.39 is 17.8 Å². The van der Waals surface area contributed by atoms with Crippen molar-refractivity contribution >= 4 is 5.91 Å². The number of amides is 1. The standard InChI is InChI=1S/C20H20FN3O3/c1-12(2)17(22-19(25)15-6-4-5-7-16(15)21)20-23-18(24-27-20)13-8-10-14(26-3)11-9-13/h4-12,17H,1-3H3,(H,22,25)/t17-/m1/s1. The Hall–Kier alpha value is -3.22. The van der Waals surface area contributed by atoms with E-state index >= 15 is 0 Å². The highest BCUT2D eigenvalue weighted by Crippen LogP contribution is 2.25. The van der Waals surface area contributed by atoms with Gasteiger partial charge in [0.05, 0.1) is 12.7 Å². The molecule has 1 aromatic heterocycles. The Morgan fingerprint density at radius 3 is 2.48 bits per heavy atom. The topological polar surface area (TPSA) is 77.3 Å². The number of halogens is 1. The summed E-state index contributed by atoms with van der Waals surface area (Å²) in [4.78, 5) is 16.8. The number of nitrogens with one attached hydrogen (secondary N) is 1. The first kappa shape index (κ1) is 18.6. The predicted molar refractivity (Wildman–Crippen MR) is 97.7 cm³/mol. The van der Waals surface area contributed by atoms with Crippen LogP contribution in [0.2, 0.25) is 0 Å². The number of carbonyl (C=O) groups is 1. The fraction of sp³-hybridized carbons (Fsp3) is 0.250. The molecule has 7 heteroatoms. The number of methoxy groups -OCH3 is 1. The third-order valence-electron chi connectivity index (χ3n) is 4.13. The van der Waals surface area contributed by atoms with Gasteiger partial charge in [-0.15, -0.1) is 0 Å². The Morgan fingerprint density at radius 2 is 1.85 bits per heavy atom.